The van der Waals surface area contributed by atoms with E-state index in [0.717, 1.165) is 16.5 Å². The molecule has 0 saturated heterocycles. The molecule has 2 aromatic carbocycles. The van der Waals surface area contributed by atoms with Gasteiger partial charge in [-0.25, -0.2) is 4.39 Å². The van der Waals surface area contributed by atoms with Gasteiger partial charge < -0.3 is 9.52 Å². The molecule has 2 nitrogen and oxygen atoms in total. The Labute approximate surface area is 110 Å². The molecule has 0 amide bonds. The number of aryl methyl sites for hydroxylation is 1. The van der Waals surface area contributed by atoms with Gasteiger partial charge in [0, 0.05) is 5.39 Å². The van der Waals surface area contributed by atoms with E-state index in [4.69, 9.17) is 4.42 Å². The van der Waals surface area contributed by atoms with Crippen LogP contribution >= 0.6 is 0 Å². The van der Waals surface area contributed by atoms with Gasteiger partial charge in [-0.2, -0.15) is 0 Å². The molecular weight excluding hydrogens is 243 g/mol. The van der Waals surface area contributed by atoms with Crippen molar-refractivity contribution in [1.29, 1.82) is 0 Å². The Morgan fingerprint density at radius 3 is 2.53 bits per heavy atom. The summed E-state index contributed by atoms with van der Waals surface area (Å²) in [5, 5.41) is 11.2. The number of halogens is 1. The van der Waals surface area contributed by atoms with Crippen molar-refractivity contribution < 1.29 is 13.9 Å². The second-order valence-electron chi connectivity index (χ2n) is 4.64. The van der Waals surface area contributed by atoms with Crippen LogP contribution in [0, 0.1) is 12.7 Å². The minimum Gasteiger partial charge on any atom is -0.458 e. The molecule has 0 fully saturated rings. The van der Waals surface area contributed by atoms with Crippen molar-refractivity contribution in [3.05, 3.63) is 71.2 Å². The average molecular weight is 256 g/mol. The van der Waals surface area contributed by atoms with E-state index in [1.54, 1.807) is 12.1 Å². The fourth-order valence-corrected chi connectivity index (χ4v) is 2.13. The lowest BCUT2D eigenvalue weighted by Gasteiger charge is -2.07. The summed E-state index contributed by atoms with van der Waals surface area (Å²) in [5.74, 6) is 0.142. The van der Waals surface area contributed by atoms with Gasteiger partial charge in [0.15, 0.2) is 0 Å². The lowest BCUT2D eigenvalue weighted by Crippen LogP contribution is -1.97. The molecule has 1 atom stereocenters. The highest BCUT2D eigenvalue weighted by Crippen LogP contribution is 2.28. The fourth-order valence-electron chi connectivity index (χ4n) is 2.13. The molecule has 1 aromatic heterocycles. The Bertz CT molecular complexity index is 713. The summed E-state index contributed by atoms with van der Waals surface area (Å²) in [6.45, 7) is 2.00. The van der Waals surface area contributed by atoms with Crippen molar-refractivity contribution in [1.82, 2.24) is 0 Å². The van der Waals surface area contributed by atoms with Crippen LogP contribution < -0.4 is 0 Å². The van der Waals surface area contributed by atoms with Crippen LogP contribution in [0.1, 0.15) is 23.0 Å². The van der Waals surface area contributed by atoms with Crippen molar-refractivity contribution in [2.24, 2.45) is 0 Å². The lowest BCUT2D eigenvalue weighted by atomic mass is 10.1. The monoisotopic (exact) mass is 256 g/mol. The highest BCUT2D eigenvalue weighted by Gasteiger charge is 2.15. The van der Waals surface area contributed by atoms with E-state index in [0.29, 0.717) is 11.3 Å². The number of fused-ring (bicyclic) bond motifs is 1. The van der Waals surface area contributed by atoms with E-state index in [2.05, 4.69) is 0 Å². The summed E-state index contributed by atoms with van der Waals surface area (Å²) in [7, 11) is 0. The number of hydrogen-bond acceptors (Lipinski definition) is 2. The van der Waals surface area contributed by atoms with Crippen molar-refractivity contribution in [2.75, 3.05) is 0 Å². The number of aliphatic hydroxyl groups is 1. The predicted octanol–water partition coefficient (Wildman–Crippen LogP) is 3.96. The first-order valence-electron chi connectivity index (χ1n) is 6.07. The minimum absolute atomic E-state index is 0.323. The quantitative estimate of drug-likeness (QED) is 0.752. The zero-order valence-corrected chi connectivity index (χ0v) is 10.4. The Balaban J connectivity index is 2.01. The Morgan fingerprint density at radius 2 is 1.79 bits per heavy atom. The first-order chi connectivity index (χ1) is 9.13. The van der Waals surface area contributed by atoms with Crippen LogP contribution in [0.2, 0.25) is 0 Å². The average Bonchev–Trinajstić information content (AvgIpc) is 2.81. The second-order valence-corrected chi connectivity index (χ2v) is 4.64. The zero-order valence-electron chi connectivity index (χ0n) is 10.4. The van der Waals surface area contributed by atoms with E-state index in [9.17, 15) is 9.50 Å². The summed E-state index contributed by atoms with van der Waals surface area (Å²) in [6.07, 6.45) is -0.881. The lowest BCUT2D eigenvalue weighted by molar-refractivity contribution is 0.192. The summed E-state index contributed by atoms with van der Waals surface area (Å²) >= 11 is 0. The molecule has 0 aliphatic carbocycles. The SMILES string of the molecule is Cc1ccc2oc(C(O)c3ccc(F)cc3)cc2c1. The summed E-state index contributed by atoms with van der Waals surface area (Å²) in [5.41, 5.74) is 2.48. The van der Waals surface area contributed by atoms with Gasteiger partial charge in [-0.15, -0.1) is 0 Å². The van der Waals surface area contributed by atoms with Gasteiger partial charge in [-0.05, 0) is 42.8 Å². The first-order valence-corrected chi connectivity index (χ1v) is 6.07. The van der Waals surface area contributed by atoms with Crippen LogP contribution in [-0.2, 0) is 0 Å². The Hall–Kier alpha value is -2.13. The van der Waals surface area contributed by atoms with Crippen molar-refractivity contribution in [3.63, 3.8) is 0 Å². The molecule has 0 aliphatic heterocycles. The third-order valence-corrected chi connectivity index (χ3v) is 3.15. The van der Waals surface area contributed by atoms with Gasteiger partial charge in [-0.1, -0.05) is 23.8 Å². The molecule has 1 N–H and O–H groups in total. The topological polar surface area (TPSA) is 33.4 Å². The van der Waals surface area contributed by atoms with E-state index in [-0.39, 0.29) is 5.82 Å². The van der Waals surface area contributed by atoms with Crippen LogP contribution in [0.25, 0.3) is 11.0 Å². The molecule has 19 heavy (non-hydrogen) atoms. The second kappa shape index (κ2) is 4.52. The molecule has 3 aromatic rings. The number of furan rings is 1. The maximum absolute atomic E-state index is 12.9. The smallest absolute Gasteiger partial charge is 0.138 e. The van der Waals surface area contributed by atoms with Crippen molar-refractivity contribution in [3.8, 4) is 0 Å². The standard InChI is InChI=1S/C16H13FO2/c1-10-2-7-14-12(8-10)9-15(19-14)16(18)11-3-5-13(17)6-4-11/h2-9,16,18H,1H3. The van der Waals surface area contributed by atoms with Gasteiger partial charge in [0.2, 0.25) is 0 Å². The van der Waals surface area contributed by atoms with Crippen LogP contribution in [0.5, 0.6) is 0 Å². The largest absolute Gasteiger partial charge is 0.458 e. The van der Waals surface area contributed by atoms with Crippen LogP contribution in [-0.4, -0.2) is 5.11 Å². The number of benzene rings is 2. The molecule has 0 bridgehead atoms. The zero-order chi connectivity index (χ0) is 13.4. The van der Waals surface area contributed by atoms with Crippen molar-refractivity contribution in [2.45, 2.75) is 13.0 Å². The third kappa shape index (κ3) is 2.25. The van der Waals surface area contributed by atoms with E-state index < -0.39 is 6.10 Å². The van der Waals surface area contributed by atoms with Crippen molar-refractivity contribution >= 4 is 11.0 Å². The Morgan fingerprint density at radius 1 is 1.05 bits per heavy atom. The van der Waals surface area contributed by atoms with E-state index >= 15 is 0 Å². The molecular formula is C16H13FO2. The fraction of sp³-hybridized carbons (Fsp3) is 0.125. The van der Waals surface area contributed by atoms with Gasteiger partial charge >= 0.3 is 0 Å². The van der Waals surface area contributed by atoms with Crippen LogP contribution in [0.4, 0.5) is 4.39 Å². The van der Waals surface area contributed by atoms with E-state index in [1.807, 2.05) is 31.2 Å². The summed E-state index contributed by atoms with van der Waals surface area (Å²) < 4.78 is 18.5. The Kier molecular flexibility index (Phi) is 2.84. The third-order valence-electron chi connectivity index (χ3n) is 3.15. The maximum atomic E-state index is 12.9. The summed E-state index contributed by atoms with van der Waals surface area (Å²) in [4.78, 5) is 0. The molecule has 0 radical (unpaired) electrons. The molecule has 0 aliphatic rings. The summed E-state index contributed by atoms with van der Waals surface area (Å²) in [6, 6.07) is 13.4. The van der Waals surface area contributed by atoms with Gasteiger partial charge in [0.1, 0.15) is 23.3 Å². The first kappa shape index (κ1) is 11.9. The molecule has 3 rings (SSSR count). The number of hydrogen-bond donors (Lipinski definition) is 1. The van der Waals surface area contributed by atoms with Gasteiger partial charge in [0.25, 0.3) is 0 Å². The van der Waals surface area contributed by atoms with Gasteiger partial charge in [-0.3, -0.25) is 0 Å². The molecule has 1 heterocycles. The molecule has 0 saturated carbocycles. The van der Waals surface area contributed by atoms with Gasteiger partial charge in [0.05, 0.1) is 0 Å². The number of aliphatic hydroxyl groups excluding tert-OH is 1. The van der Waals surface area contributed by atoms with E-state index in [1.165, 1.54) is 12.1 Å². The maximum Gasteiger partial charge on any atom is 0.138 e. The number of rotatable bonds is 2. The minimum atomic E-state index is -0.881. The molecule has 3 heteroatoms. The highest BCUT2D eigenvalue weighted by atomic mass is 19.1. The van der Waals surface area contributed by atoms with Crippen LogP contribution in [0.3, 0.4) is 0 Å². The predicted molar refractivity (Wildman–Crippen MR) is 71.4 cm³/mol. The molecule has 0 spiro atoms. The molecule has 96 valence electrons. The van der Waals surface area contributed by atoms with Crippen LogP contribution in [0.15, 0.2) is 52.9 Å². The normalized spacial score (nSPS) is 12.8. The molecule has 1 unspecified atom stereocenters. The highest BCUT2D eigenvalue weighted by molar-refractivity contribution is 5.78.